The summed E-state index contributed by atoms with van der Waals surface area (Å²) >= 11 is 0. The van der Waals surface area contributed by atoms with Crippen molar-refractivity contribution in [2.75, 3.05) is 5.32 Å². The average molecular weight is 468 g/mol. The Kier molecular flexibility index (Phi) is 5.72. The number of halogens is 2. The molecule has 0 unspecified atom stereocenters. The molecule has 1 aromatic heterocycles. The molecule has 7 nitrogen and oxygen atoms in total. The number of fused-ring (bicyclic) bond motifs is 1. The minimum Gasteiger partial charge on any atom is -0.478 e. The Morgan fingerprint density at radius 3 is 2.53 bits per heavy atom. The first-order valence-corrected chi connectivity index (χ1v) is 10.5. The van der Waals surface area contributed by atoms with E-state index in [-0.39, 0.29) is 28.8 Å². The number of amides is 1. The molecule has 2 aromatic rings. The Hall–Kier alpha value is -4.01. The fourth-order valence-corrected chi connectivity index (χ4v) is 3.76. The zero-order valence-corrected chi connectivity index (χ0v) is 18.5. The lowest BCUT2D eigenvalue weighted by Crippen LogP contribution is -2.28. The van der Waals surface area contributed by atoms with E-state index < -0.39 is 17.7 Å². The van der Waals surface area contributed by atoms with Crippen molar-refractivity contribution in [1.29, 1.82) is 0 Å². The smallest absolute Gasteiger partial charge is 0.478 e. The van der Waals surface area contributed by atoms with Crippen LogP contribution in [0.1, 0.15) is 36.6 Å². The number of nitrogens with one attached hydrogen (secondary N) is 1. The van der Waals surface area contributed by atoms with Crippen LogP contribution >= 0.6 is 0 Å². The summed E-state index contributed by atoms with van der Waals surface area (Å²) < 4.78 is 35.7. The second-order valence-corrected chi connectivity index (χ2v) is 8.22. The van der Waals surface area contributed by atoms with E-state index >= 15 is 0 Å². The molecule has 0 spiro atoms. The van der Waals surface area contributed by atoms with Gasteiger partial charge in [0.25, 0.3) is 0 Å². The van der Waals surface area contributed by atoms with E-state index in [1.807, 2.05) is 6.92 Å². The number of nitrogens with zero attached hydrogens (tertiary/aromatic N) is 1. The van der Waals surface area contributed by atoms with Crippen LogP contribution < -0.4 is 14.8 Å². The van der Waals surface area contributed by atoms with Crippen LogP contribution in [-0.2, 0) is 15.0 Å². The van der Waals surface area contributed by atoms with Gasteiger partial charge in [0.05, 0.1) is 11.1 Å². The largest absolute Gasteiger partial charge is 0.586 e. The summed E-state index contributed by atoms with van der Waals surface area (Å²) in [6.07, 6.45) is 1.99. The van der Waals surface area contributed by atoms with Gasteiger partial charge in [-0.2, -0.15) is 0 Å². The van der Waals surface area contributed by atoms with Crippen LogP contribution in [0.3, 0.4) is 0 Å². The summed E-state index contributed by atoms with van der Waals surface area (Å²) in [5, 5.41) is 12.0. The van der Waals surface area contributed by atoms with Gasteiger partial charge in [0.2, 0.25) is 5.91 Å². The fourth-order valence-electron chi connectivity index (χ4n) is 3.76. The zero-order chi connectivity index (χ0) is 24.7. The highest BCUT2D eigenvalue weighted by molar-refractivity contribution is 6.01. The number of carbonyl (C=O) groups is 2. The van der Waals surface area contributed by atoms with Gasteiger partial charge < -0.3 is 19.9 Å². The number of benzene rings is 1. The lowest BCUT2D eigenvalue weighted by atomic mass is 9.94. The first kappa shape index (κ1) is 23.2. The molecular formula is C25H22F2N2O5. The van der Waals surface area contributed by atoms with Crippen molar-refractivity contribution in [2.24, 2.45) is 0 Å². The molecule has 0 bridgehead atoms. The van der Waals surface area contributed by atoms with E-state index in [0.717, 1.165) is 5.56 Å². The number of allylic oxidation sites excluding steroid dienone is 4. The first-order valence-electron chi connectivity index (χ1n) is 10.5. The molecule has 2 heterocycles. The summed E-state index contributed by atoms with van der Waals surface area (Å²) in [5.74, 6) is -1.31. The summed E-state index contributed by atoms with van der Waals surface area (Å²) in [6, 6.07) is 7.76. The van der Waals surface area contributed by atoms with Gasteiger partial charge in [0.15, 0.2) is 11.5 Å². The molecule has 2 N–H and O–H groups in total. The summed E-state index contributed by atoms with van der Waals surface area (Å²) in [6.45, 7) is 6.96. The van der Waals surface area contributed by atoms with Gasteiger partial charge in [-0.25, -0.2) is 9.78 Å². The number of hydrogen-bond acceptors (Lipinski definition) is 5. The van der Waals surface area contributed by atoms with Crippen LogP contribution in [0.25, 0.3) is 5.57 Å². The number of aromatic nitrogens is 1. The zero-order valence-electron chi connectivity index (χ0n) is 18.5. The summed E-state index contributed by atoms with van der Waals surface area (Å²) in [5.41, 5.74) is 1.58. The van der Waals surface area contributed by atoms with E-state index in [2.05, 4.69) is 26.4 Å². The SMILES string of the molecule is C=C/C=C(\C=C(/C)C(=O)O)c1nc(NC(=O)C2(c3ccc4c(c3)OC(F)(F)O4)CC2)ccc1C. The number of aryl methyl sites for hydroxylation is 1. The molecule has 34 heavy (non-hydrogen) atoms. The average Bonchev–Trinajstić information content (AvgIpc) is 3.51. The van der Waals surface area contributed by atoms with Crippen LogP contribution in [0.4, 0.5) is 14.6 Å². The predicted molar refractivity (Wildman–Crippen MR) is 121 cm³/mol. The van der Waals surface area contributed by atoms with E-state index in [4.69, 9.17) is 0 Å². The van der Waals surface area contributed by atoms with Crippen LogP contribution in [-0.4, -0.2) is 28.3 Å². The van der Waals surface area contributed by atoms with Crippen molar-refractivity contribution in [3.63, 3.8) is 0 Å². The van der Waals surface area contributed by atoms with Crippen LogP contribution in [0.2, 0.25) is 0 Å². The van der Waals surface area contributed by atoms with Crippen molar-refractivity contribution in [3.8, 4) is 11.5 Å². The van der Waals surface area contributed by atoms with Crippen LogP contribution in [0, 0.1) is 6.92 Å². The van der Waals surface area contributed by atoms with Gasteiger partial charge in [0, 0.05) is 11.1 Å². The maximum atomic E-state index is 13.4. The summed E-state index contributed by atoms with van der Waals surface area (Å²) in [4.78, 5) is 29.0. The number of alkyl halides is 2. The first-order chi connectivity index (χ1) is 16.0. The summed E-state index contributed by atoms with van der Waals surface area (Å²) in [7, 11) is 0. The Bertz CT molecular complexity index is 1260. The lowest BCUT2D eigenvalue weighted by Gasteiger charge is -2.17. The molecule has 4 rings (SSSR count). The van der Waals surface area contributed by atoms with E-state index in [0.29, 0.717) is 29.7 Å². The second-order valence-electron chi connectivity index (χ2n) is 8.22. The minimum absolute atomic E-state index is 0.0824. The molecule has 0 saturated heterocycles. The molecule has 1 aromatic carbocycles. The van der Waals surface area contributed by atoms with Crippen LogP contribution in [0.5, 0.6) is 11.5 Å². The molecule has 1 fully saturated rings. The van der Waals surface area contributed by atoms with Crippen molar-refractivity contribution < 1.29 is 33.0 Å². The predicted octanol–water partition coefficient (Wildman–Crippen LogP) is 4.98. The van der Waals surface area contributed by atoms with Gasteiger partial charge in [-0.3, -0.25) is 4.79 Å². The standard InChI is InChI=1S/C25H22F2N2O5/c1-4-5-16(12-15(3)22(30)31)21-14(2)6-9-20(28-21)29-23(32)24(10-11-24)17-7-8-18-19(13-17)34-25(26,27)33-18/h4-9,12-13H,1,10-11H2,2-3H3,(H,30,31)(H,28,29,32)/b15-12+,16-5+. The van der Waals surface area contributed by atoms with Crippen molar-refractivity contribution in [1.82, 2.24) is 4.98 Å². The monoisotopic (exact) mass is 468 g/mol. The highest BCUT2D eigenvalue weighted by atomic mass is 19.3. The van der Waals surface area contributed by atoms with Crippen molar-refractivity contribution in [2.45, 2.75) is 38.4 Å². The molecule has 1 saturated carbocycles. The number of pyridine rings is 1. The lowest BCUT2D eigenvalue weighted by molar-refractivity contribution is -0.286. The van der Waals surface area contributed by atoms with Gasteiger partial charge in [-0.15, -0.1) is 8.78 Å². The number of carbonyl (C=O) groups excluding carboxylic acids is 1. The Morgan fingerprint density at radius 2 is 1.88 bits per heavy atom. The highest BCUT2D eigenvalue weighted by Crippen LogP contribution is 2.52. The van der Waals surface area contributed by atoms with E-state index in [9.17, 15) is 23.5 Å². The van der Waals surface area contributed by atoms with Crippen molar-refractivity contribution in [3.05, 3.63) is 77.5 Å². The number of rotatable bonds is 7. The number of anilines is 1. The molecule has 1 amide bonds. The third-order valence-electron chi connectivity index (χ3n) is 5.76. The molecule has 2 aliphatic rings. The minimum atomic E-state index is -3.73. The normalized spacial score (nSPS) is 17.8. The quantitative estimate of drug-likeness (QED) is 0.439. The molecule has 0 radical (unpaired) electrons. The van der Waals surface area contributed by atoms with Gasteiger partial charge in [-0.1, -0.05) is 30.9 Å². The number of hydrogen-bond donors (Lipinski definition) is 2. The molecule has 9 heteroatoms. The molecule has 1 aliphatic heterocycles. The third kappa shape index (κ3) is 4.41. The number of aliphatic carboxylic acids is 1. The molecular weight excluding hydrogens is 446 g/mol. The van der Waals surface area contributed by atoms with Crippen molar-refractivity contribution >= 4 is 23.3 Å². The molecule has 176 valence electrons. The van der Waals surface area contributed by atoms with Gasteiger partial charge in [-0.05, 0) is 62.1 Å². The number of carboxylic acids is 1. The second kappa shape index (κ2) is 8.40. The third-order valence-corrected chi connectivity index (χ3v) is 5.76. The van der Waals surface area contributed by atoms with Gasteiger partial charge in [0.1, 0.15) is 5.82 Å². The molecule has 1 aliphatic carbocycles. The Balaban J connectivity index is 1.60. The fraction of sp³-hybridized carbons (Fsp3) is 0.240. The Morgan fingerprint density at radius 1 is 1.18 bits per heavy atom. The Labute approximate surface area is 194 Å². The number of ether oxygens (including phenoxy) is 2. The van der Waals surface area contributed by atoms with Crippen LogP contribution in [0.15, 0.2) is 60.7 Å². The maximum Gasteiger partial charge on any atom is 0.586 e. The van der Waals surface area contributed by atoms with Gasteiger partial charge >= 0.3 is 12.3 Å². The topological polar surface area (TPSA) is 97.8 Å². The van der Waals surface area contributed by atoms with E-state index in [1.165, 1.54) is 31.2 Å². The maximum absolute atomic E-state index is 13.4. The number of carboxylic acid groups (broad SMARTS) is 1. The van der Waals surface area contributed by atoms with E-state index in [1.54, 1.807) is 24.3 Å². The highest BCUT2D eigenvalue weighted by Gasteiger charge is 2.53. The molecule has 0 atom stereocenters.